The van der Waals surface area contributed by atoms with Gasteiger partial charge in [-0.2, -0.15) is 0 Å². The summed E-state index contributed by atoms with van der Waals surface area (Å²) in [7, 11) is 1.67. The molecule has 1 aliphatic carbocycles. The summed E-state index contributed by atoms with van der Waals surface area (Å²) in [6, 6.07) is -0.126. The fourth-order valence-electron chi connectivity index (χ4n) is 2.98. The maximum Gasteiger partial charge on any atom is 0.239 e. The molecule has 5 heteroatoms. The zero-order valence-electron chi connectivity index (χ0n) is 11.1. The molecule has 0 aromatic rings. The maximum atomic E-state index is 12.3. The van der Waals surface area contributed by atoms with E-state index in [2.05, 4.69) is 0 Å². The fourth-order valence-corrected chi connectivity index (χ4v) is 2.98. The van der Waals surface area contributed by atoms with Gasteiger partial charge in [-0.15, -0.1) is 0 Å². The molecule has 0 bridgehead atoms. The SMILES string of the molecule is COCCCC(N)C(=O)N1CCOC2CCCC21. The van der Waals surface area contributed by atoms with Gasteiger partial charge in [-0.05, 0) is 32.1 Å². The number of carbonyl (C=O) groups excluding carboxylic acids is 1. The second kappa shape index (κ2) is 6.50. The normalized spacial score (nSPS) is 29.1. The summed E-state index contributed by atoms with van der Waals surface area (Å²) in [5.74, 6) is 0.0892. The van der Waals surface area contributed by atoms with Gasteiger partial charge in [-0.25, -0.2) is 0 Å². The molecule has 0 spiro atoms. The van der Waals surface area contributed by atoms with Crippen molar-refractivity contribution in [3.63, 3.8) is 0 Å². The molecule has 1 saturated heterocycles. The molecule has 2 rings (SSSR count). The lowest BCUT2D eigenvalue weighted by molar-refractivity contribution is -0.145. The monoisotopic (exact) mass is 256 g/mol. The van der Waals surface area contributed by atoms with Crippen LogP contribution in [0, 0.1) is 0 Å². The Kier molecular flexibility index (Phi) is 4.97. The number of nitrogens with two attached hydrogens (primary N) is 1. The first-order valence-electron chi connectivity index (χ1n) is 6.90. The van der Waals surface area contributed by atoms with Crippen LogP contribution in [0.5, 0.6) is 0 Å². The van der Waals surface area contributed by atoms with E-state index in [9.17, 15) is 4.79 Å². The minimum atomic E-state index is -0.389. The van der Waals surface area contributed by atoms with E-state index in [1.165, 1.54) is 0 Å². The Balaban J connectivity index is 1.86. The van der Waals surface area contributed by atoms with Gasteiger partial charge in [0.15, 0.2) is 0 Å². The lowest BCUT2D eigenvalue weighted by Crippen LogP contribution is -2.55. The van der Waals surface area contributed by atoms with E-state index in [4.69, 9.17) is 15.2 Å². The van der Waals surface area contributed by atoms with Gasteiger partial charge in [0.05, 0.1) is 24.8 Å². The summed E-state index contributed by atoms with van der Waals surface area (Å²) < 4.78 is 10.7. The summed E-state index contributed by atoms with van der Waals surface area (Å²) in [6.07, 6.45) is 5.06. The predicted molar refractivity (Wildman–Crippen MR) is 68.2 cm³/mol. The third kappa shape index (κ3) is 3.02. The van der Waals surface area contributed by atoms with E-state index in [0.717, 1.165) is 25.7 Å². The molecule has 104 valence electrons. The van der Waals surface area contributed by atoms with Crippen molar-refractivity contribution in [1.29, 1.82) is 0 Å². The second-order valence-corrected chi connectivity index (χ2v) is 5.18. The summed E-state index contributed by atoms with van der Waals surface area (Å²) >= 11 is 0. The van der Waals surface area contributed by atoms with E-state index in [1.54, 1.807) is 7.11 Å². The van der Waals surface area contributed by atoms with E-state index >= 15 is 0 Å². The molecule has 18 heavy (non-hydrogen) atoms. The lowest BCUT2D eigenvalue weighted by atomic mass is 10.1. The predicted octanol–water partition coefficient (Wildman–Crippen LogP) is 0.520. The molecule has 2 N–H and O–H groups in total. The molecular formula is C13H24N2O3. The van der Waals surface area contributed by atoms with Crippen molar-refractivity contribution in [1.82, 2.24) is 4.90 Å². The highest BCUT2D eigenvalue weighted by Gasteiger charge is 2.39. The molecule has 3 unspecified atom stereocenters. The summed E-state index contributed by atoms with van der Waals surface area (Å²) in [5, 5.41) is 0. The quantitative estimate of drug-likeness (QED) is 0.728. The smallest absolute Gasteiger partial charge is 0.239 e. The molecule has 2 aliphatic rings. The van der Waals surface area contributed by atoms with Crippen molar-refractivity contribution >= 4 is 5.91 Å². The minimum Gasteiger partial charge on any atom is -0.385 e. The van der Waals surface area contributed by atoms with Crippen molar-refractivity contribution in [2.24, 2.45) is 5.73 Å². The third-order valence-electron chi connectivity index (χ3n) is 3.95. The molecule has 1 amide bonds. The summed E-state index contributed by atoms with van der Waals surface area (Å²) in [4.78, 5) is 14.3. The highest BCUT2D eigenvalue weighted by atomic mass is 16.5. The molecule has 0 aromatic heterocycles. The van der Waals surface area contributed by atoms with Gasteiger partial charge in [-0.3, -0.25) is 4.79 Å². The molecule has 2 fully saturated rings. The van der Waals surface area contributed by atoms with Gasteiger partial charge in [0.2, 0.25) is 5.91 Å². The van der Waals surface area contributed by atoms with Crippen LogP contribution in [0.25, 0.3) is 0 Å². The number of rotatable bonds is 5. The number of ether oxygens (including phenoxy) is 2. The third-order valence-corrected chi connectivity index (χ3v) is 3.95. The number of nitrogens with zero attached hydrogens (tertiary/aromatic N) is 1. The van der Waals surface area contributed by atoms with E-state index < -0.39 is 0 Å². The fraction of sp³-hybridized carbons (Fsp3) is 0.923. The molecule has 1 aliphatic heterocycles. The van der Waals surface area contributed by atoms with Crippen LogP contribution in [0.3, 0.4) is 0 Å². The first-order valence-corrected chi connectivity index (χ1v) is 6.90. The second-order valence-electron chi connectivity index (χ2n) is 5.18. The van der Waals surface area contributed by atoms with Crippen molar-refractivity contribution in [2.45, 2.75) is 50.3 Å². The van der Waals surface area contributed by atoms with Gasteiger partial charge in [0, 0.05) is 20.3 Å². The summed E-state index contributed by atoms with van der Waals surface area (Å²) in [5.41, 5.74) is 5.98. The van der Waals surface area contributed by atoms with Crippen LogP contribution in [0.1, 0.15) is 32.1 Å². The number of amides is 1. The molecule has 3 atom stereocenters. The Morgan fingerprint density at radius 1 is 1.56 bits per heavy atom. The van der Waals surface area contributed by atoms with Gasteiger partial charge in [-0.1, -0.05) is 0 Å². The Morgan fingerprint density at radius 3 is 3.17 bits per heavy atom. The molecular weight excluding hydrogens is 232 g/mol. The van der Waals surface area contributed by atoms with Crippen LogP contribution >= 0.6 is 0 Å². The first kappa shape index (κ1) is 13.8. The standard InChI is InChI=1S/C13H24N2O3/c1-17-8-3-4-10(14)13(16)15-7-9-18-12-6-2-5-11(12)15/h10-12H,2-9,14H2,1H3. The van der Waals surface area contributed by atoms with E-state index in [1.807, 2.05) is 4.90 Å². The molecule has 1 heterocycles. The van der Waals surface area contributed by atoms with Crippen LogP contribution in [-0.4, -0.2) is 55.9 Å². The van der Waals surface area contributed by atoms with Crippen molar-refractivity contribution < 1.29 is 14.3 Å². The van der Waals surface area contributed by atoms with Crippen LogP contribution in [0.4, 0.5) is 0 Å². The van der Waals surface area contributed by atoms with Crippen LogP contribution in [-0.2, 0) is 14.3 Å². The lowest BCUT2D eigenvalue weighted by Gasteiger charge is -2.39. The Bertz CT molecular complexity index is 285. The number of hydrogen-bond donors (Lipinski definition) is 1. The number of methoxy groups -OCH3 is 1. The van der Waals surface area contributed by atoms with Gasteiger partial charge >= 0.3 is 0 Å². The zero-order chi connectivity index (χ0) is 13.0. The topological polar surface area (TPSA) is 64.8 Å². The average molecular weight is 256 g/mol. The largest absolute Gasteiger partial charge is 0.385 e. The molecule has 5 nitrogen and oxygen atoms in total. The molecule has 0 radical (unpaired) electrons. The minimum absolute atomic E-state index is 0.0892. The van der Waals surface area contributed by atoms with E-state index in [-0.39, 0.29) is 24.1 Å². The molecule has 1 saturated carbocycles. The number of hydrogen-bond acceptors (Lipinski definition) is 4. The Labute approximate surface area is 109 Å². The van der Waals surface area contributed by atoms with Crippen LogP contribution in [0.2, 0.25) is 0 Å². The zero-order valence-corrected chi connectivity index (χ0v) is 11.1. The van der Waals surface area contributed by atoms with Crippen molar-refractivity contribution in [2.75, 3.05) is 26.9 Å². The number of carbonyl (C=O) groups is 1. The number of morpholine rings is 1. The van der Waals surface area contributed by atoms with Crippen LogP contribution in [0.15, 0.2) is 0 Å². The van der Waals surface area contributed by atoms with Crippen LogP contribution < -0.4 is 5.73 Å². The highest BCUT2D eigenvalue weighted by molar-refractivity contribution is 5.82. The first-order chi connectivity index (χ1) is 8.74. The Morgan fingerprint density at radius 2 is 2.39 bits per heavy atom. The van der Waals surface area contributed by atoms with Gasteiger partial charge < -0.3 is 20.1 Å². The van der Waals surface area contributed by atoms with Crippen molar-refractivity contribution in [3.8, 4) is 0 Å². The highest BCUT2D eigenvalue weighted by Crippen LogP contribution is 2.30. The van der Waals surface area contributed by atoms with Gasteiger partial charge in [0.25, 0.3) is 0 Å². The average Bonchev–Trinajstić information content (AvgIpc) is 2.86. The summed E-state index contributed by atoms with van der Waals surface area (Å²) in [6.45, 7) is 2.01. The van der Waals surface area contributed by atoms with Crippen molar-refractivity contribution in [3.05, 3.63) is 0 Å². The molecule has 0 aromatic carbocycles. The van der Waals surface area contributed by atoms with E-state index in [0.29, 0.717) is 26.2 Å². The van der Waals surface area contributed by atoms with Gasteiger partial charge in [0.1, 0.15) is 0 Å². The number of fused-ring (bicyclic) bond motifs is 1. The Hall–Kier alpha value is -0.650. The maximum absolute atomic E-state index is 12.3.